The lowest BCUT2D eigenvalue weighted by Gasteiger charge is -2.35. The monoisotopic (exact) mass is 711 g/mol. The van der Waals surface area contributed by atoms with Crippen molar-refractivity contribution in [1.82, 2.24) is 9.21 Å². The van der Waals surface area contributed by atoms with Crippen molar-refractivity contribution in [3.8, 4) is 5.75 Å². The molecule has 4 rings (SSSR count). The smallest absolute Gasteiger partial charge is 0.271 e. The van der Waals surface area contributed by atoms with Crippen molar-refractivity contribution in [2.75, 3.05) is 38.1 Å². The number of likely N-dealkylation sites (N-methyl/N-ethyl adjacent to an activating group) is 1. The summed E-state index contributed by atoms with van der Waals surface area (Å²) < 4.78 is 82.3. The molecule has 2 aromatic carbocycles. The molecule has 1 amide bonds. The first-order valence-electron chi connectivity index (χ1n) is 15.3. The number of halogens is 1. The maximum Gasteiger partial charge on any atom is 0.271 e. The van der Waals surface area contributed by atoms with Crippen molar-refractivity contribution in [2.45, 2.75) is 67.4 Å². The molecule has 15 heteroatoms. The summed E-state index contributed by atoms with van der Waals surface area (Å²) in [6.07, 6.45) is 1.12. The van der Waals surface area contributed by atoms with Gasteiger partial charge in [-0.2, -0.15) is 4.31 Å². The number of aliphatic hydroxyl groups is 1. The van der Waals surface area contributed by atoms with Gasteiger partial charge in [0.15, 0.2) is 0 Å². The van der Waals surface area contributed by atoms with E-state index in [2.05, 4.69) is 4.72 Å². The summed E-state index contributed by atoms with van der Waals surface area (Å²) in [4.78, 5) is 15.7. The van der Waals surface area contributed by atoms with Crippen molar-refractivity contribution in [3.63, 3.8) is 0 Å². The van der Waals surface area contributed by atoms with Crippen LogP contribution < -0.4 is 9.46 Å². The van der Waals surface area contributed by atoms with Gasteiger partial charge in [0.25, 0.3) is 15.9 Å². The highest BCUT2D eigenvalue weighted by atomic mass is 32.2. The molecule has 0 radical (unpaired) electrons. The zero-order valence-electron chi connectivity index (χ0n) is 26.8. The summed E-state index contributed by atoms with van der Waals surface area (Å²) >= 11 is 1.06. The second-order valence-corrected chi connectivity index (χ2v) is 16.7. The molecule has 47 heavy (non-hydrogen) atoms. The molecule has 0 bridgehead atoms. The molecule has 0 aliphatic carbocycles. The van der Waals surface area contributed by atoms with Gasteiger partial charge < -0.3 is 19.5 Å². The molecular weight excluding hydrogens is 670 g/mol. The number of carbonyl (C=O) groups excluding carboxylic acids is 1. The van der Waals surface area contributed by atoms with Crippen LogP contribution in [0.5, 0.6) is 5.75 Å². The fourth-order valence-electron chi connectivity index (χ4n) is 5.21. The number of carbonyl (C=O) groups is 1. The lowest BCUT2D eigenvalue weighted by Crippen LogP contribution is -2.48. The van der Waals surface area contributed by atoms with Crippen LogP contribution in [0.4, 0.5) is 10.1 Å². The maximum atomic E-state index is 14.3. The van der Waals surface area contributed by atoms with Gasteiger partial charge >= 0.3 is 0 Å². The molecule has 4 atom stereocenters. The highest BCUT2D eigenvalue weighted by molar-refractivity contribution is 7.94. The lowest BCUT2D eigenvalue weighted by molar-refractivity contribution is -0.00833. The third-order valence-electron chi connectivity index (χ3n) is 8.02. The first-order valence-corrected chi connectivity index (χ1v) is 19.2. The summed E-state index contributed by atoms with van der Waals surface area (Å²) in [7, 11) is -6.45. The van der Waals surface area contributed by atoms with Crippen LogP contribution in [0.15, 0.2) is 69.1 Å². The first-order chi connectivity index (χ1) is 22.2. The number of nitrogens with one attached hydrogen (secondary N) is 1. The molecule has 2 heterocycles. The van der Waals surface area contributed by atoms with Crippen LogP contribution in [-0.2, 0) is 24.8 Å². The number of nitrogens with zero attached hydrogens (tertiary/aromatic N) is 2. The fraction of sp³-hybridized carbons (Fsp3) is 0.469. The number of amides is 1. The van der Waals surface area contributed by atoms with Crippen LogP contribution in [0.3, 0.4) is 0 Å². The van der Waals surface area contributed by atoms with Gasteiger partial charge in [-0.25, -0.2) is 21.2 Å². The Bertz CT molecular complexity index is 1700. The zero-order chi connectivity index (χ0) is 34.4. The van der Waals surface area contributed by atoms with E-state index in [1.165, 1.54) is 42.3 Å². The second-order valence-electron chi connectivity index (χ2n) is 11.8. The van der Waals surface area contributed by atoms with Crippen molar-refractivity contribution in [2.24, 2.45) is 5.92 Å². The summed E-state index contributed by atoms with van der Waals surface area (Å²) in [6.45, 7) is 5.42. The Kier molecular flexibility index (Phi) is 12.4. The minimum atomic E-state index is -3.97. The highest BCUT2D eigenvalue weighted by Crippen LogP contribution is 2.30. The van der Waals surface area contributed by atoms with E-state index in [0.717, 1.165) is 34.2 Å². The molecule has 1 aromatic heterocycles. The molecule has 0 spiro atoms. The van der Waals surface area contributed by atoms with Crippen LogP contribution in [0.1, 0.15) is 50.4 Å². The fourth-order valence-corrected chi connectivity index (χ4v) is 8.43. The molecule has 1 aliphatic heterocycles. The largest absolute Gasteiger partial charge is 0.490 e. The van der Waals surface area contributed by atoms with E-state index in [4.69, 9.17) is 9.47 Å². The van der Waals surface area contributed by atoms with Gasteiger partial charge in [-0.3, -0.25) is 9.52 Å². The minimum absolute atomic E-state index is 0.0405. The van der Waals surface area contributed by atoms with Crippen molar-refractivity contribution < 1.29 is 40.6 Å². The van der Waals surface area contributed by atoms with E-state index in [1.54, 1.807) is 24.4 Å². The molecule has 2 N–H and O–H groups in total. The number of hydrogen-bond donors (Lipinski definition) is 2. The molecule has 0 saturated carbocycles. The Balaban J connectivity index is 1.67. The summed E-state index contributed by atoms with van der Waals surface area (Å²) in [5, 5.41) is 11.8. The number of benzene rings is 2. The van der Waals surface area contributed by atoms with Crippen molar-refractivity contribution in [1.29, 1.82) is 0 Å². The molecule has 0 unspecified atom stereocenters. The number of ether oxygens (including phenoxy) is 2. The molecule has 0 fully saturated rings. The predicted octanol–water partition coefficient (Wildman–Crippen LogP) is 4.80. The third-order valence-corrected chi connectivity index (χ3v) is 12.6. The van der Waals surface area contributed by atoms with Gasteiger partial charge in [-0.15, -0.1) is 11.3 Å². The van der Waals surface area contributed by atoms with E-state index in [0.29, 0.717) is 19.4 Å². The third kappa shape index (κ3) is 9.30. The van der Waals surface area contributed by atoms with E-state index >= 15 is 0 Å². The summed E-state index contributed by atoms with van der Waals surface area (Å²) in [6, 6.07) is 11.6. The van der Waals surface area contributed by atoms with Gasteiger partial charge in [-0.05, 0) is 87.0 Å². The standard InChI is InChI=1S/C32H42FN3O8S3/c1-22-19-36(23(2)21-37)32(38)28-18-26(34-46(39,40)31-9-7-17-45-31)12-15-29(28)44-24(3)8-5-6-16-43-30(22)20-35(4)47(41,42)27-13-10-25(33)11-14-27/h7,9-15,17-18,22-24,30,34,37H,5-6,8,16,19-21H2,1-4H3/t22-,23+,24+,30-/m1/s1. The Morgan fingerprint density at radius 3 is 2.49 bits per heavy atom. The quantitative estimate of drug-likeness (QED) is 0.322. The van der Waals surface area contributed by atoms with E-state index < -0.39 is 49.8 Å². The SMILES string of the molecule is C[C@@H]1CN([C@@H](C)CO)C(=O)c2cc(NS(=O)(=O)c3cccs3)ccc2O[C@@H](C)CCCCO[C@@H]1CN(C)S(=O)(=O)c1ccc(F)cc1. The molecule has 11 nitrogen and oxygen atoms in total. The number of sulfonamides is 2. The predicted molar refractivity (Wildman–Crippen MR) is 178 cm³/mol. The normalized spacial score (nSPS) is 21.0. The second kappa shape index (κ2) is 15.9. The zero-order valence-corrected chi connectivity index (χ0v) is 29.3. The van der Waals surface area contributed by atoms with Crippen LogP contribution in [-0.4, -0.2) is 88.7 Å². The lowest BCUT2D eigenvalue weighted by atomic mass is 10.0. The number of thiophene rings is 1. The molecule has 1 aliphatic rings. The highest BCUT2D eigenvalue weighted by Gasteiger charge is 2.32. The first kappa shape index (κ1) is 36.8. The van der Waals surface area contributed by atoms with Gasteiger partial charge in [0.2, 0.25) is 10.0 Å². The van der Waals surface area contributed by atoms with Crippen molar-refractivity contribution >= 4 is 43.0 Å². The number of hydrogen-bond acceptors (Lipinski definition) is 9. The molecule has 3 aromatic rings. The van der Waals surface area contributed by atoms with E-state index in [-0.39, 0.29) is 51.9 Å². The Morgan fingerprint density at radius 1 is 1.11 bits per heavy atom. The summed E-state index contributed by atoms with van der Waals surface area (Å²) in [5.74, 6) is -1.18. The van der Waals surface area contributed by atoms with Gasteiger partial charge in [0.05, 0.1) is 35.3 Å². The van der Waals surface area contributed by atoms with Gasteiger partial charge in [0, 0.05) is 38.3 Å². The number of fused-ring (bicyclic) bond motifs is 1. The van der Waals surface area contributed by atoms with Gasteiger partial charge in [0.1, 0.15) is 15.8 Å². The molecule has 0 saturated heterocycles. The number of aliphatic hydroxyl groups excluding tert-OH is 1. The Labute approximate surface area is 280 Å². The van der Waals surface area contributed by atoms with Crippen LogP contribution in [0, 0.1) is 11.7 Å². The van der Waals surface area contributed by atoms with Crippen LogP contribution in [0.25, 0.3) is 0 Å². The average Bonchev–Trinajstić information content (AvgIpc) is 3.59. The summed E-state index contributed by atoms with van der Waals surface area (Å²) in [5.41, 5.74) is 0.280. The Hall–Kier alpha value is -3.08. The number of anilines is 1. The van der Waals surface area contributed by atoms with Crippen LogP contribution in [0.2, 0.25) is 0 Å². The van der Waals surface area contributed by atoms with Crippen molar-refractivity contribution in [3.05, 3.63) is 71.4 Å². The molecule has 258 valence electrons. The van der Waals surface area contributed by atoms with E-state index in [9.17, 15) is 31.1 Å². The average molecular weight is 712 g/mol. The number of rotatable bonds is 9. The van der Waals surface area contributed by atoms with Crippen LogP contribution >= 0.6 is 11.3 Å². The molecular formula is C32H42FN3O8S3. The topological polar surface area (TPSA) is 143 Å². The minimum Gasteiger partial charge on any atom is -0.490 e. The van der Waals surface area contributed by atoms with Gasteiger partial charge in [-0.1, -0.05) is 13.0 Å². The van der Waals surface area contributed by atoms with E-state index in [1.807, 2.05) is 13.8 Å². The maximum absolute atomic E-state index is 14.3. The Morgan fingerprint density at radius 2 is 1.83 bits per heavy atom.